The number of benzene rings is 2. The second-order valence-corrected chi connectivity index (χ2v) is 6.49. The molecule has 0 aliphatic carbocycles. The van der Waals surface area contributed by atoms with E-state index in [-0.39, 0.29) is 18.0 Å². The lowest BCUT2D eigenvalue weighted by Crippen LogP contribution is -2.13. The summed E-state index contributed by atoms with van der Waals surface area (Å²) in [6.07, 6.45) is 2.03. The molecule has 0 spiro atoms. The molecule has 2 amide bonds. The molecule has 0 radical (unpaired) electrons. The minimum Gasteiger partial charge on any atom is -0.441 e. The van der Waals surface area contributed by atoms with Gasteiger partial charge in [0.2, 0.25) is 11.8 Å². The van der Waals surface area contributed by atoms with Crippen LogP contribution in [0.3, 0.4) is 0 Å². The Morgan fingerprint density at radius 3 is 2.61 bits per heavy atom. The molecule has 0 fully saturated rings. The van der Waals surface area contributed by atoms with Crippen molar-refractivity contribution in [1.29, 1.82) is 0 Å². The predicted octanol–water partition coefficient (Wildman–Crippen LogP) is 4.66. The van der Waals surface area contributed by atoms with Gasteiger partial charge in [0.1, 0.15) is 5.82 Å². The van der Waals surface area contributed by atoms with Gasteiger partial charge in [0.25, 0.3) is 0 Å². The zero-order chi connectivity index (χ0) is 20.1. The zero-order valence-corrected chi connectivity index (χ0v) is 15.7. The van der Waals surface area contributed by atoms with Crippen LogP contribution in [0.5, 0.6) is 0 Å². The Kier molecular flexibility index (Phi) is 6.06. The van der Waals surface area contributed by atoms with E-state index >= 15 is 0 Å². The Morgan fingerprint density at radius 1 is 1.14 bits per heavy atom. The summed E-state index contributed by atoms with van der Waals surface area (Å²) in [6.45, 7) is 1.28. The molecule has 6 nitrogen and oxygen atoms in total. The lowest BCUT2D eigenvalue weighted by molar-refractivity contribution is -0.116. The van der Waals surface area contributed by atoms with Crippen LogP contribution in [0.4, 0.5) is 15.8 Å². The van der Waals surface area contributed by atoms with E-state index in [2.05, 4.69) is 15.6 Å². The monoisotopic (exact) mass is 401 g/mol. The van der Waals surface area contributed by atoms with E-state index in [4.69, 9.17) is 16.0 Å². The van der Waals surface area contributed by atoms with Crippen molar-refractivity contribution in [1.82, 2.24) is 4.98 Å². The fraction of sp³-hybridized carbons (Fsp3) is 0.150. The van der Waals surface area contributed by atoms with Crippen molar-refractivity contribution < 1.29 is 18.4 Å². The smallest absolute Gasteiger partial charge is 0.224 e. The molecule has 0 unspecified atom stereocenters. The number of nitrogens with zero attached hydrogens (tertiary/aromatic N) is 1. The topological polar surface area (TPSA) is 84.2 Å². The number of rotatable bonds is 6. The molecule has 2 aromatic carbocycles. The van der Waals surface area contributed by atoms with E-state index in [1.54, 1.807) is 18.3 Å². The number of halogens is 2. The van der Waals surface area contributed by atoms with E-state index in [0.29, 0.717) is 28.8 Å². The van der Waals surface area contributed by atoms with Crippen LogP contribution in [0, 0.1) is 5.82 Å². The van der Waals surface area contributed by atoms with Gasteiger partial charge < -0.3 is 15.1 Å². The Bertz CT molecular complexity index is 1000. The first kappa shape index (κ1) is 19.6. The summed E-state index contributed by atoms with van der Waals surface area (Å²) >= 11 is 5.87. The Hall–Kier alpha value is -3.19. The minimum atomic E-state index is -0.581. The van der Waals surface area contributed by atoms with Gasteiger partial charge in [-0.05, 0) is 42.5 Å². The van der Waals surface area contributed by atoms with Crippen molar-refractivity contribution in [2.45, 2.75) is 19.8 Å². The first-order valence-corrected chi connectivity index (χ1v) is 8.86. The van der Waals surface area contributed by atoms with E-state index in [0.717, 1.165) is 5.56 Å². The third-order valence-corrected chi connectivity index (χ3v) is 4.06. The summed E-state index contributed by atoms with van der Waals surface area (Å²) in [6, 6.07) is 11.1. The SMILES string of the molecule is CC(=O)Nc1cc(NC(=O)CCc2ncc(-c3ccc(Cl)cc3)o2)ccc1F. The third-order valence-electron chi connectivity index (χ3n) is 3.81. The highest BCUT2D eigenvalue weighted by Crippen LogP contribution is 2.23. The number of hydrogen-bond donors (Lipinski definition) is 2. The molecular formula is C20H17ClFN3O3. The van der Waals surface area contributed by atoms with Crippen molar-refractivity contribution >= 4 is 34.8 Å². The summed E-state index contributed by atoms with van der Waals surface area (Å²) in [5.41, 5.74) is 1.22. The van der Waals surface area contributed by atoms with Crippen LogP contribution < -0.4 is 10.6 Å². The summed E-state index contributed by atoms with van der Waals surface area (Å²) in [4.78, 5) is 27.4. The van der Waals surface area contributed by atoms with Gasteiger partial charge in [0.15, 0.2) is 11.7 Å². The highest BCUT2D eigenvalue weighted by Gasteiger charge is 2.11. The van der Waals surface area contributed by atoms with Gasteiger partial charge in [-0.15, -0.1) is 0 Å². The van der Waals surface area contributed by atoms with Gasteiger partial charge in [-0.1, -0.05) is 11.6 Å². The van der Waals surface area contributed by atoms with Crippen molar-refractivity contribution in [3.63, 3.8) is 0 Å². The van der Waals surface area contributed by atoms with Gasteiger partial charge in [0, 0.05) is 36.0 Å². The van der Waals surface area contributed by atoms with Crippen LogP contribution in [0.1, 0.15) is 19.2 Å². The number of nitrogens with one attached hydrogen (secondary N) is 2. The Labute approximate surface area is 165 Å². The average molecular weight is 402 g/mol. The molecule has 0 saturated carbocycles. The second-order valence-electron chi connectivity index (χ2n) is 6.05. The van der Waals surface area contributed by atoms with Gasteiger partial charge in [-0.25, -0.2) is 9.37 Å². The molecule has 0 bridgehead atoms. The number of anilines is 2. The number of amides is 2. The summed E-state index contributed by atoms with van der Waals surface area (Å²) in [7, 11) is 0. The van der Waals surface area contributed by atoms with Gasteiger partial charge >= 0.3 is 0 Å². The minimum absolute atomic E-state index is 0.00519. The molecule has 0 saturated heterocycles. The molecule has 0 aliphatic heterocycles. The largest absolute Gasteiger partial charge is 0.441 e. The zero-order valence-electron chi connectivity index (χ0n) is 15.0. The summed E-state index contributed by atoms with van der Waals surface area (Å²) < 4.78 is 19.3. The van der Waals surface area contributed by atoms with Crippen LogP contribution in [0.15, 0.2) is 53.1 Å². The Morgan fingerprint density at radius 2 is 1.89 bits per heavy atom. The van der Waals surface area contributed by atoms with Gasteiger partial charge in [-0.2, -0.15) is 0 Å². The predicted molar refractivity (Wildman–Crippen MR) is 105 cm³/mol. The normalized spacial score (nSPS) is 10.5. The van der Waals surface area contributed by atoms with Crippen molar-refractivity contribution in [2.75, 3.05) is 10.6 Å². The maximum absolute atomic E-state index is 13.6. The molecular weight excluding hydrogens is 385 g/mol. The van der Waals surface area contributed by atoms with E-state index in [9.17, 15) is 14.0 Å². The quantitative estimate of drug-likeness (QED) is 0.629. The van der Waals surface area contributed by atoms with Crippen LogP contribution in [-0.4, -0.2) is 16.8 Å². The lowest BCUT2D eigenvalue weighted by atomic mass is 10.2. The average Bonchev–Trinajstić information content (AvgIpc) is 3.12. The molecule has 28 heavy (non-hydrogen) atoms. The van der Waals surface area contributed by atoms with Crippen LogP contribution >= 0.6 is 11.6 Å². The summed E-state index contributed by atoms with van der Waals surface area (Å²) in [5.74, 6) is -0.249. The van der Waals surface area contributed by atoms with Crippen LogP contribution in [-0.2, 0) is 16.0 Å². The number of oxazole rings is 1. The molecule has 3 aromatic rings. The number of aryl methyl sites for hydroxylation is 1. The first-order valence-electron chi connectivity index (χ1n) is 8.48. The van der Waals surface area contributed by atoms with E-state index in [1.165, 1.54) is 25.1 Å². The van der Waals surface area contributed by atoms with Crippen molar-refractivity contribution in [3.8, 4) is 11.3 Å². The Balaban J connectivity index is 1.57. The maximum Gasteiger partial charge on any atom is 0.224 e. The molecule has 2 N–H and O–H groups in total. The van der Waals surface area contributed by atoms with Crippen molar-refractivity contribution in [2.24, 2.45) is 0 Å². The summed E-state index contributed by atoms with van der Waals surface area (Å²) in [5, 5.41) is 5.65. The molecule has 3 rings (SSSR count). The molecule has 144 valence electrons. The molecule has 1 aromatic heterocycles. The lowest BCUT2D eigenvalue weighted by Gasteiger charge is -2.08. The molecule has 8 heteroatoms. The molecule has 1 heterocycles. The van der Waals surface area contributed by atoms with Gasteiger partial charge in [-0.3, -0.25) is 9.59 Å². The third kappa shape index (κ3) is 5.17. The highest BCUT2D eigenvalue weighted by molar-refractivity contribution is 6.30. The van der Waals surface area contributed by atoms with Gasteiger partial charge in [0.05, 0.1) is 11.9 Å². The highest BCUT2D eigenvalue weighted by atomic mass is 35.5. The molecule has 0 atom stereocenters. The maximum atomic E-state index is 13.6. The number of carbonyl (C=O) groups is 2. The first-order chi connectivity index (χ1) is 13.4. The number of hydrogen-bond acceptors (Lipinski definition) is 4. The fourth-order valence-corrected chi connectivity index (χ4v) is 2.63. The van der Waals surface area contributed by atoms with E-state index in [1.807, 2.05) is 12.1 Å². The molecule has 0 aliphatic rings. The second kappa shape index (κ2) is 8.67. The number of carbonyl (C=O) groups excluding carboxylic acids is 2. The standard InChI is InChI=1S/C20H17ClFN3O3/c1-12(26)24-17-10-15(6-7-16(17)22)25-19(27)8-9-20-23-11-18(28-20)13-2-4-14(21)5-3-13/h2-7,10-11H,8-9H2,1H3,(H,24,26)(H,25,27). The van der Waals surface area contributed by atoms with Crippen LogP contribution in [0.25, 0.3) is 11.3 Å². The van der Waals surface area contributed by atoms with Crippen LogP contribution in [0.2, 0.25) is 5.02 Å². The fourth-order valence-electron chi connectivity index (χ4n) is 2.51. The van der Waals surface area contributed by atoms with Crippen molar-refractivity contribution in [3.05, 3.63) is 65.4 Å². The number of aromatic nitrogens is 1. The van der Waals surface area contributed by atoms with E-state index < -0.39 is 11.7 Å².